The van der Waals surface area contributed by atoms with Gasteiger partial charge in [0.15, 0.2) is 0 Å². The van der Waals surface area contributed by atoms with E-state index in [1.807, 2.05) is 0 Å². The summed E-state index contributed by atoms with van der Waals surface area (Å²) in [5.41, 5.74) is 5.61. The van der Waals surface area contributed by atoms with E-state index in [2.05, 4.69) is 5.32 Å². The molecular formula is C14H17F2N3O2S. The molecule has 3 amide bonds. The second-order valence-electron chi connectivity index (χ2n) is 4.99. The molecule has 1 aliphatic rings. The average Bonchev–Trinajstić information content (AvgIpc) is 2.49. The number of hydrogen-bond acceptors (Lipinski definition) is 3. The summed E-state index contributed by atoms with van der Waals surface area (Å²) in [5, 5.41) is 2.63. The van der Waals surface area contributed by atoms with Gasteiger partial charge in [-0.3, -0.25) is 4.79 Å². The molecule has 0 aromatic heterocycles. The molecule has 1 aliphatic heterocycles. The Morgan fingerprint density at radius 3 is 2.77 bits per heavy atom. The number of halogens is 2. The van der Waals surface area contributed by atoms with Gasteiger partial charge in [-0.2, -0.15) is 8.78 Å². The van der Waals surface area contributed by atoms with Crippen molar-refractivity contribution in [3.05, 3.63) is 24.3 Å². The average molecular weight is 329 g/mol. The molecule has 120 valence electrons. The number of nitrogens with one attached hydrogen (secondary N) is 1. The molecule has 5 nitrogen and oxygen atoms in total. The van der Waals surface area contributed by atoms with Crippen molar-refractivity contribution >= 4 is 29.4 Å². The molecule has 0 spiro atoms. The highest BCUT2D eigenvalue weighted by Gasteiger charge is 2.27. The molecule has 3 N–H and O–H groups in total. The van der Waals surface area contributed by atoms with Crippen molar-refractivity contribution in [3.8, 4) is 0 Å². The van der Waals surface area contributed by atoms with Crippen LogP contribution in [0.4, 0.5) is 19.3 Å². The second-order valence-corrected chi connectivity index (χ2v) is 6.02. The largest absolute Gasteiger partial charge is 0.369 e. The van der Waals surface area contributed by atoms with E-state index in [1.54, 1.807) is 18.2 Å². The number of carbonyl (C=O) groups is 2. The molecule has 0 saturated carbocycles. The van der Waals surface area contributed by atoms with Gasteiger partial charge in [0.25, 0.3) is 5.76 Å². The van der Waals surface area contributed by atoms with Gasteiger partial charge in [-0.25, -0.2) is 4.79 Å². The Labute approximate surface area is 131 Å². The van der Waals surface area contributed by atoms with Gasteiger partial charge in [0.1, 0.15) is 0 Å². The Bertz CT molecular complexity index is 557. The van der Waals surface area contributed by atoms with Crippen LogP contribution in [0.3, 0.4) is 0 Å². The number of piperidine rings is 1. The molecule has 8 heteroatoms. The van der Waals surface area contributed by atoms with E-state index in [4.69, 9.17) is 5.73 Å². The zero-order valence-corrected chi connectivity index (χ0v) is 12.6. The van der Waals surface area contributed by atoms with E-state index in [1.165, 1.54) is 11.0 Å². The van der Waals surface area contributed by atoms with Crippen molar-refractivity contribution in [2.45, 2.75) is 23.5 Å². The summed E-state index contributed by atoms with van der Waals surface area (Å²) in [7, 11) is 0. The molecule has 1 heterocycles. The van der Waals surface area contributed by atoms with Crippen molar-refractivity contribution in [2.75, 3.05) is 18.4 Å². The standard InChI is InChI=1S/C14H17F2N3O2S/c15-13(16)22-11-6-2-1-5-10(11)18-14(21)19-7-3-4-9(8-19)12(17)20/h1-2,5-6,9,13H,3-4,7-8H2,(H2,17,20)(H,18,21)/t9-/m1/s1. The Hall–Kier alpha value is -1.83. The van der Waals surface area contributed by atoms with Crippen LogP contribution in [0.15, 0.2) is 29.2 Å². The van der Waals surface area contributed by atoms with Gasteiger partial charge in [-0.15, -0.1) is 0 Å². The smallest absolute Gasteiger partial charge is 0.321 e. The quantitative estimate of drug-likeness (QED) is 0.834. The van der Waals surface area contributed by atoms with E-state index in [0.29, 0.717) is 41.7 Å². The van der Waals surface area contributed by atoms with Crippen LogP contribution in [0, 0.1) is 5.92 Å². The number of likely N-dealkylation sites (tertiary alicyclic amines) is 1. The lowest BCUT2D eigenvalue weighted by atomic mass is 9.98. The number of amides is 3. The monoisotopic (exact) mass is 329 g/mol. The topological polar surface area (TPSA) is 75.4 Å². The van der Waals surface area contributed by atoms with Crippen LogP contribution < -0.4 is 11.1 Å². The minimum atomic E-state index is -2.56. The first-order valence-electron chi connectivity index (χ1n) is 6.86. The number of nitrogens with zero attached hydrogens (tertiary/aromatic N) is 1. The van der Waals surface area contributed by atoms with Crippen LogP contribution in [0.25, 0.3) is 0 Å². The van der Waals surface area contributed by atoms with Crippen molar-refractivity contribution in [1.82, 2.24) is 4.90 Å². The van der Waals surface area contributed by atoms with Crippen molar-refractivity contribution in [2.24, 2.45) is 11.7 Å². The van der Waals surface area contributed by atoms with Crippen LogP contribution in [0.5, 0.6) is 0 Å². The molecule has 2 rings (SSSR count). The molecule has 0 aliphatic carbocycles. The lowest BCUT2D eigenvalue weighted by molar-refractivity contribution is -0.123. The molecule has 22 heavy (non-hydrogen) atoms. The van der Waals surface area contributed by atoms with Gasteiger partial charge in [0.05, 0.1) is 11.6 Å². The first-order chi connectivity index (χ1) is 10.5. The number of carbonyl (C=O) groups excluding carboxylic acids is 2. The van der Waals surface area contributed by atoms with E-state index in [9.17, 15) is 18.4 Å². The van der Waals surface area contributed by atoms with Crippen molar-refractivity contribution < 1.29 is 18.4 Å². The summed E-state index contributed by atoms with van der Waals surface area (Å²) in [6, 6.07) is 5.97. The van der Waals surface area contributed by atoms with Crippen molar-refractivity contribution in [3.63, 3.8) is 0 Å². The van der Waals surface area contributed by atoms with Crippen LogP contribution in [-0.2, 0) is 4.79 Å². The predicted molar refractivity (Wildman–Crippen MR) is 80.8 cm³/mol. The number of thioether (sulfide) groups is 1. The fourth-order valence-corrected chi connectivity index (χ4v) is 2.95. The lowest BCUT2D eigenvalue weighted by Gasteiger charge is -2.31. The number of hydrogen-bond donors (Lipinski definition) is 2. The van der Waals surface area contributed by atoms with Gasteiger partial charge in [-0.05, 0) is 25.0 Å². The number of benzene rings is 1. The highest BCUT2D eigenvalue weighted by atomic mass is 32.2. The van der Waals surface area contributed by atoms with Crippen LogP contribution in [0.1, 0.15) is 12.8 Å². The highest BCUT2D eigenvalue weighted by molar-refractivity contribution is 7.99. The summed E-state index contributed by atoms with van der Waals surface area (Å²) < 4.78 is 25.0. The summed E-state index contributed by atoms with van der Waals surface area (Å²) >= 11 is 0.378. The Balaban J connectivity index is 2.04. The number of alkyl halides is 2. The first kappa shape index (κ1) is 16.5. The third-order valence-electron chi connectivity index (χ3n) is 3.46. The van der Waals surface area contributed by atoms with E-state index >= 15 is 0 Å². The zero-order chi connectivity index (χ0) is 16.1. The number of anilines is 1. The summed E-state index contributed by atoms with van der Waals surface area (Å²) in [6.45, 7) is 0.769. The fraction of sp³-hybridized carbons (Fsp3) is 0.429. The number of nitrogens with two attached hydrogens (primary N) is 1. The Kier molecular flexibility index (Phi) is 5.59. The van der Waals surface area contributed by atoms with Gasteiger partial charge in [0.2, 0.25) is 5.91 Å². The molecule has 1 fully saturated rings. The number of rotatable bonds is 4. The summed E-state index contributed by atoms with van der Waals surface area (Å²) in [6.07, 6.45) is 1.35. The molecule has 0 radical (unpaired) electrons. The second kappa shape index (κ2) is 7.44. The SMILES string of the molecule is NC(=O)[C@@H]1CCCN(C(=O)Nc2ccccc2SC(F)F)C1. The van der Waals surface area contributed by atoms with Crippen molar-refractivity contribution in [1.29, 1.82) is 0 Å². The molecule has 1 saturated heterocycles. The van der Waals surface area contributed by atoms with Crippen LogP contribution in [-0.4, -0.2) is 35.7 Å². The molecule has 1 aromatic carbocycles. The normalized spacial score (nSPS) is 18.3. The van der Waals surface area contributed by atoms with Crippen LogP contribution >= 0.6 is 11.8 Å². The fourth-order valence-electron chi connectivity index (χ4n) is 2.36. The summed E-state index contributed by atoms with van der Waals surface area (Å²) in [5.74, 6) is -3.34. The first-order valence-corrected chi connectivity index (χ1v) is 7.74. The van der Waals surface area contributed by atoms with Gasteiger partial charge in [-0.1, -0.05) is 23.9 Å². The van der Waals surface area contributed by atoms with Gasteiger partial charge in [0, 0.05) is 18.0 Å². The Morgan fingerprint density at radius 1 is 1.36 bits per heavy atom. The number of urea groups is 1. The minimum Gasteiger partial charge on any atom is -0.369 e. The molecule has 0 bridgehead atoms. The maximum absolute atomic E-state index is 12.5. The van der Waals surface area contributed by atoms with E-state index in [0.717, 1.165) is 0 Å². The maximum Gasteiger partial charge on any atom is 0.321 e. The van der Waals surface area contributed by atoms with Crippen LogP contribution in [0.2, 0.25) is 0 Å². The molecule has 0 unspecified atom stereocenters. The molecular weight excluding hydrogens is 312 g/mol. The highest BCUT2D eigenvalue weighted by Crippen LogP contribution is 2.32. The third-order valence-corrected chi connectivity index (χ3v) is 4.24. The zero-order valence-electron chi connectivity index (χ0n) is 11.8. The number of para-hydroxylation sites is 1. The van der Waals surface area contributed by atoms with Gasteiger partial charge < -0.3 is 16.0 Å². The van der Waals surface area contributed by atoms with E-state index < -0.39 is 17.7 Å². The number of primary amides is 1. The molecule has 1 aromatic rings. The predicted octanol–water partition coefficient (Wildman–Crippen LogP) is 2.73. The summed E-state index contributed by atoms with van der Waals surface area (Å²) in [4.78, 5) is 25.3. The lowest BCUT2D eigenvalue weighted by Crippen LogP contribution is -2.45. The molecule has 1 atom stereocenters. The third kappa shape index (κ3) is 4.33. The Morgan fingerprint density at radius 2 is 2.09 bits per heavy atom. The van der Waals surface area contributed by atoms with Gasteiger partial charge >= 0.3 is 6.03 Å². The maximum atomic E-state index is 12.5. The van der Waals surface area contributed by atoms with E-state index in [-0.39, 0.29) is 12.5 Å². The minimum absolute atomic E-state index is 0.255.